The van der Waals surface area contributed by atoms with Crippen LogP contribution in [-0.2, 0) is 4.79 Å². The van der Waals surface area contributed by atoms with Crippen LogP contribution in [0.2, 0.25) is 0 Å². The van der Waals surface area contributed by atoms with Crippen LogP contribution in [-0.4, -0.2) is 5.78 Å². The number of ketones is 1. The second-order valence-corrected chi connectivity index (χ2v) is 4.68. The molecule has 0 saturated heterocycles. The lowest BCUT2D eigenvalue weighted by molar-refractivity contribution is -0.110. The molecule has 0 spiro atoms. The lowest BCUT2D eigenvalue weighted by Crippen LogP contribution is -1.90. The number of ether oxygens (including phenoxy) is 1. The van der Waals surface area contributed by atoms with E-state index in [0.717, 1.165) is 5.56 Å². The number of rotatable bonds is 6. The van der Waals surface area contributed by atoms with E-state index in [9.17, 15) is 18.0 Å². The zero-order valence-corrected chi connectivity index (χ0v) is 12.5. The Hall–Kier alpha value is -3.08. The molecule has 122 valence electrons. The molecule has 0 aliphatic carbocycles. The van der Waals surface area contributed by atoms with Crippen LogP contribution in [0, 0.1) is 0 Å². The Balaban J connectivity index is 1.95. The van der Waals surface area contributed by atoms with E-state index in [0.29, 0.717) is 5.56 Å². The summed E-state index contributed by atoms with van der Waals surface area (Å²) >= 11 is 0. The van der Waals surface area contributed by atoms with Gasteiger partial charge < -0.3 is 4.74 Å². The number of carbonyl (C=O) groups excluding carboxylic acids is 1. The summed E-state index contributed by atoms with van der Waals surface area (Å²) in [6.45, 7) is 0. The van der Waals surface area contributed by atoms with Crippen LogP contribution in [0.4, 0.5) is 13.2 Å². The molecule has 0 heterocycles. The number of hydrogen-bond acceptors (Lipinski definition) is 2. The fourth-order valence-electron chi connectivity index (χ4n) is 1.77. The molecule has 2 aromatic rings. The molecule has 0 atom stereocenters. The van der Waals surface area contributed by atoms with Gasteiger partial charge in [-0.05, 0) is 35.4 Å². The number of benzene rings is 2. The van der Waals surface area contributed by atoms with Gasteiger partial charge in [-0.2, -0.15) is 13.2 Å². The summed E-state index contributed by atoms with van der Waals surface area (Å²) in [4.78, 5) is 11.7. The average Bonchev–Trinajstić information content (AvgIpc) is 2.60. The van der Waals surface area contributed by atoms with E-state index >= 15 is 0 Å². The first-order chi connectivity index (χ1) is 11.5. The normalized spacial score (nSPS) is 11.0. The molecule has 0 N–H and O–H groups in total. The predicted octanol–water partition coefficient (Wildman–Crippen LogP) is 5.40. The summed E-state index contributed by atoms with van der Waals surface area (Å²) < 4.78 is 40.8. The largest absolute Gasteiger partial charge is 0.428 e. The van der Waals surface area contributed by atoms with Gasteiger partial charge in [0.25, 0.3) is 0 Å². The molecular formula is C19H13F3O2. The van der Waals surface area contributed by atoms with Crippen LogP contribution < -0.4 is 4.74 Å². The molecule has 2 aromatic carbocycles. The third-order valence-electron chi connectivity index (χ3n) is 2.92. The summed E-state index contributed by atoms with van der Waals surface area (Å²) in [6, 6.07) is 13.1. The monoisotopic (exact) mass is 330 g/mol. The first-order valence-electron chi connectivity index (χ1n) is 6.98. The Kier molecular flexibility index (Phi) is 6.14. The van der Waals surface area contributed by atoms with Crippen LogP contribution in [0.3, 0.4) is 0 Å². The first-order valence-corrected chi connectivity index (χ1v) is 6.98. The fraction of sp³-hybridized carbons (Fsp3) is 0. The molecule has 0 radical (unpaired) electrons. The molecular weight excluding hydrogens is 317 g/mol. The van der Waals surface area contributed by atoms with E-state index < -0.39 is 12.1 Å². The molecule has 2 rings (SSSR count). The van der Waals surface area contributed by atoms with Crippen molar-refractivity contribution in [1.82, 2.24) is 0 Å². The van der Waals surface area contributed by atoms with Crippen LogP contribution in [0.25, 0.3) is 12.2 Å². The number of halogens is 3. The van der Waals surface area contributed by atoms with Crippen molar-refractivity contribution < 1.29 is 22.7 Å². The van der Waals surface area contributed by atoms with Crippen LogP contribution in [0.1, 0.15) is 11.1 Å². The van der Waals surface area contributed by atoms with Crippen molar-refractivity contribution in [3.05, 3.63) is 90.0 Å². The highest BCUT2D eigenvalue weighted by atomic mass is 19.3. The number of carbonyl (C=O) groups is 1. The molecule has 0 fully saturated rings. The molecule has 0 aliphatic rings. The quantitative estimate of drug-likeness (QED) is 0.524. The minimum absolute atomic E-state index is 0.0623. The summed E-state index contributed by atoms with van der Waals surface area (Å²) in [6.07, 6.45) is 3.55. The molecule has 0 aliphatic heterocycles. The number of allylic oxidation sites excluding steroid dienone is 2. The van der Waals surface area contributed by atoms with Crippen molar-refractivity contribution in [1.29, 1.82) is 0 Å². The zero-order chi connectivity index (χ0) is 17.4. The minimum atomic E-state index is -2.52. The van der Waals surface area contributed by atoms with E-state index in [1.807, 2.05) is 30.3 Å². The van der Waals surface area contributed by atoms with Gasteiger partial charge in [0.2, 0.25) is 0 Å². The summed E-state index contributed by atoms with van der Waals surface area (Å²) in [5.74, 6) is -0.264. The zero-order valence-electron chi connectivity index (χ0n) is 12.5. The Morgan fingerprint density at radius 2 is 1.33 bits per heavy atom. The van der Waals surface area contributed by atoms with Crippen LogP contribution in [0.15, 0.2) is 78.8 Å². The van der Waals surface area contributed by atoms with Crippen molar-refractivity contribution in [3.63, 3.8) is 0 Å². The molecule has 2 nitrogen and oxygen atoms in total. The van der Waals surface area contributed by atoms with E-state index in [1.165, 1.54) is 36.4 Å². The third-order valence-corrected chi connectivity index (χ3v) is 2.92. The number of hydrogen-bond donors (Lipinski definition) is 0. The predicted molar refractivity (Wildman–Crippen MR) is 86.9 cm³/mol. The van der Waals surface area contributed by atoms with Gasteiger partial charge in [-0.1, -0.05) is 54.6 Å². The maximum Gasteiger partial charge on any atom is 0.344 e. The van der Waals surface area contributed by atoms with E-state index in [4.69, 9.17) is 0 Å². The van der Waals surface area contributed by atoms with E-state index in [1.54, 1.807) is 12.2 Å². The van der Waals surface area contributed by atoms with Crippen molar-refractivity contribution >= 4 is 17.9 Å². The standard InChI is InChI=1S/C19H13F3O2/c20-18(21)19(22)24-17-12-8-15(9-13-17)7-11-16(23)10-6-14-4-2-1-3-5-14/h1-13H. The molecule has 0 aromatic heterocycles. The summed E-state index contributed by atoms with van der Waals surface area (Å²) in [5.41, 5.74) is 1.56. The van der Waals surface area contributed by atoms with Gasteiger partial charge >= 0.3 is 12.1 Å². The summed E-state index contributed by atoms with van der Waals surface area (Å²) in [7, 11) is 0. The van der Waals surface area contributed by atoms with Crippen LogP contribution in [0.5, 0.6) is 5.75 Å². The lowest BCUT2D eigenvalue weighted by atomic mass is 10.1. The highest BCUT2D eigenvalue weighted by Gasteiger charge is 2.07. The highest BCUT2D eigenvalue weighted by molar-refractivity contribution is 6.04. The Labute approximate surface area is 137 Å². The van der Waals surface area contributed by atoms with Crippen molar-refractivity contribution in [2.24, 2.45) is 0 Å². The topological polar surface area (TPSA) is 26.3 Å². The highest BCUT2D eigenvalue weighted by Crippen LogP contribution is 2.19. The van der Waals surface area contributed by atoms with Gasteiger partial charge in [0.1, 0.15) is 5.75 Å². The maximum atomic E-state index is 12.6. The maximum absolute atomic E-state index is 12.6. The first kappa shape index (κ1) is 17.3. The van der Waals surface area contributed by atoms with Gasteiger partial charge in [0.05, 0.1) is 0 Å². The fourth-order valence-corrected chi connectivity index (χ4v) is 1.77. The minimum Gasteiger partial charge on any atom is -0.428 e. The SMILES string of the molecule is O=C(C=Cc1ccccc1)C=Cc1ccc(OC(F)=C(F)F)cc1. The smallest absolute Gasteiger partial charge is 0.344 e. The molecule has 0 unspecified atom stereocenters. The third kappa shape index (κ3) is 5.61. The van der Waals surface area contributed by atoms with Crippen molar-refractivity contribution in [2.45, 2.75) is 0 Å². The molecule has 0 saturated carbocycles. The van der Waals surface area contributed by atoms with Gasteiger partial charge in [-0.15, -0.1) is 0 Å². The van der Waals surface area contributed by atoms with Gasteiger partial charge in [-0.3, -0.25) is 4.79 Å². The van der Waals surface area contributed by atoms with Gasteiger partial charge in [0.15, 0.2) is 5.78 Å². The van der Waals surface area contributed by atoms with Crippen molar-refractivity contribution in [3.8, 4) is 5.75 Å². The average molecular weight is 330 g/mol. The van der Waals surface area contributed by atoms with Gasteiger partial charge in [0, 0.05) is 0 Å². The summed E-state index contributed by atoms with van der Waals surface area (Å²) in [5, 5.41) is 0. The Bertz CT molecular complexity index is 772. The van der Waals surface area contributed by atoms with Crippen molar-refractivity contribution in [2.75, 3.05) is 0 Å². The Morgan fingerprint density at radius 3 is 1.88 bits per heavy atom. The van der Waals surface area contributed by atoms with E-state index in [2.05, 4.69) is 4.74 Å². The molecule has 0 amide bonds. The molecule has 24 heavy (non-hydrogen) atoms. The second kappa shape index (κ2) is 8.53. The Morgan fingerprint density at radius 1 is 0.792 bits per heavy atom. The molecule has 5 heteroatoms. The van der Waals surface area contributed by atoms with E-state index in [-0.39, 0.29) is 11.5 Å². The second-order valence-electron chi connectivity index (χ2n) is 4.68. The lowest BCUT2D eigenvalue weighted by Gasteiger charge is -2.01. The van der Waals surface area contributed by atoms with Gasteiger partial charge in [-0.25, -0.2) is 0 Å². The molecule has 0 bridgehead atoms. The van der Waals surface area contributed by atoms with Crippen LogP contribution >= 0.6 is 0 Å².